The van der Waals surface area contributed by atoms with E-state index in [0.29, 0.717) is 18.9 Å². The van der Waals surface area contributed by atoms with Gasteiger partial charge in [0, 0.05) is 23.7 Å². The summed E-state index contributed by atoms with van der Waals surface area (Å²) in [7, 11) is 0. The Labute approximate surface area is 163 Å². The molecule has 3 aromatic rings. The van der Waals surface area contributed by atoms with Gasteiger partial charge in [0.1, 0.15) is 6.61 Å². The molecule has 6 heteroatoms. The number of nitrogens with zero attached hydrogens (tertiary/aromatic N) is 1. The third-order valence-electron chi connectivity index (χ3n) is 5.13. The number of carbonyl (C=O) groups is 1. The molecular weight excluding hydrogens is 354 g/mol. The zero-order chi connectivity index (χ0) is 19.4. The third-order valence-corrected chi connectivity index (χ3v) is 5.13. The molecule has 144 valence electrons. The van der Waals surface area contributed by atoms with Crippen molar-refractivity contribution in [1.29, 1.82) is 0 Å². The Balaban J connectivity index is 1.43. The van der Waals surface area contributed by atoms with Crippen molar-refractivity contribution in [3.8, 4) is 0 Å². The second kappa shape index (κ2) is 7.86. The van der Waals surface area contributed by atoms with Gasteiger partial charge in [-0.1, -0.05) is 42.5 Å². The monoisotopic (exact) mass is 377 g/mol. The van der Waals surface area contributed by atoms with Crippen LogP contribution in [0.5, 0.6) is 0 Å². The number of hydrogen-bond acceptors (Lipinski definition) is 4. The van der Waals surface area contributed by atoms with Crippen LogP contribution in [0.25, 0.3) is 0 Å². The van der Waals surface area contributed by atoms with Crippen LogP contribution in [0.3, 0.4) is 0 Å². The van der Waals surface area contributed by atoms with Crippen molar-refractivity contribution in [3.63, 3.8) is 0 Å². The molecule has 0 spiro atoms. The first-order valence-electron chi connectivity index (χ1n) is 9.30. The number of aryl methyl sites for hydroxylation is 1. The molecule has 4 rings (SSSR count). The average Bonchev–Trinajstić information content (AvgIpc) is 3.08. The number of aromatic nitrogens is 2. The summed E-state index contributed by atoms with van der Waals surface area (Å²) in [5.74, 6) is 0. The minimum Gasteiger partial charge on any atom is -0.444 e. The summed E-state index contributed by atoms with van der Waals surface area (Å²) in [6, 6.07) is 17.5. The molecule has 0 radical (unpaired) electrons. The molecule has 0 atom stereocenters. The highest BCUT2D eigenvalue weighted by Crippen LogP contribution is 2.37. The normalized spacial score (nSPS) is 14.9. The van der Waals surface area contributed by atoms with Crippen molar-refractivity contribution < 1.29 is 14.3 Å². The van der Waals surface area contributed by atoms with Gasteiger partial charge in [0.2, 0.25) is 0 Å². The SMILES string of the molecule is Cc1c[nH]nc1CC1(c2cccc(NC(=O)OCc3ccccc3)c2)COC1. The largest absolute Gasteiger partial charge is 0.444 e. The highest BCUT2D eigenvalue weighted by atomic mass is 16.5. The van der Waals surface area contributed by atoms with Crippen LogP contribution in [0, 0.1) is 6.92 Å². The van der Waals surface area contributed by atoms with Gasteiger partial charge in [-0.15, -0.1) is 0 Å². The summed E-state index contributed by atoms with van der Waals surface area (Å²) in [4.78, 5) is 12.2. The number of H-pyrrole nitrogens is 1. The predicted molar refractivity (Wildman–Crippen MR) is 106 cm³/mol. The van der Waals surface area contributed by atoms with E-state index in [0.717, 1.165) is 28.8 Å². The topological polar surface area (TPSA) is 76.2 Å². The van der Waals surface area contributed by atoms with Gasteiger partial charge in [-0.05, 0) is 35.7 Å². The van der Waals surface area contributed by atoms with Crippen LogP contribution in [-0.2, 0) is 27.9 Å². The highest BCUT2D eigenvalue weighted by molar-refractivity contribution is 5.84. The van der Waals surface area contributed by atoms with E-state index in [2.05, 4.69) is 21.6 Å². The Kier molecular flexibility index (Phi) is 5.12. The number of carbonyl (C=O) groups excluding carboxylic acids is 1. The van der Waals surface area contributed by atoms with E-state index in [4.69, 9.17) is 9.47 Å². The fourth-order valence-electron chi connectivity index (χ4n) is 3.40. The highest BCUT2D eigenvalue weighted by Gasteiger charge is 2.41. The molecule has 28 heavy (non-hydrogen) atoms. The van der Waals surface area contributed by atoms with Crippen LogP contribution in [0.1, 0.15) is 22.4 Å². The Bertz CT molecular complexity index is 948. The lowest BCUT2D eigenvalue weighted by Crippen LogP contribution is -2.48. The molecule has 1 amide bonds. The van der Waals surface area contributed by atoms with E-state index >= 15 is 0 Å². The molecule has 1 fully saturated rings. The van der Waals surface area contributed by atoms with Crippen molar-refractivity contribution in [2.24, 2.45) is 0 Å². The van der Waals surface area contributed by atoms with Crippen LogP contribution in [0.4, 0.5) is 10.5 Å². The van der Waals surface area contributed by atoms with Gasteiger partial charge in [-0.2, -0.15) is 5.10 Å². The molecule has 0 bridgehead atoms. The quantitative estimate of drug-likeness (QED) is 0.681. The lowest BCUT2D eigenvalue weighted by atomic mass is 9.74. The summed E-state index contributed by atoms with van der Waals surface area (Å²) >= 11 is 0. The van der Waals surface area contributed by atoms with Crippen LogP contribution in [0.2, 0.25) is 0 Å². The molecule has 6 nitrogen and oxygen atoms in total. The summed E-state index contributed by atoms with van der Waals surface area (Å²) < 4.78 is 10.8. The maximum atomic E-state index is 12.2. The Morgan fingerprint density at radius 2 is 2.04 bits per heavy atom. The second-order valence-electron chi connectivity index (χ2n) is 7.23. The van der Waals surface area contributed by atoms with E-state index in [-0.39, 0.29) is 12.0 Å². The maximum Gasteiger partial charge on any atom is 0.411 e. The molecule has 1 aliphatic heterocycles. The first-order valence-corrected chi connectivity index (χ1v) is 9.30. The van der Waals surface area contributed by atoms with Crippen molar-refractivity contribution in [3.05, 3.63) is 83.2 Å². The van der Waals surface area contributed by atoms with Gasteiger partial charge in [0.05, 0.1) is 18.9 Å². The Hall–Kier alpha value is -3.12. The smallest absolute Gasteiger partial charge is 0.411 e. The minimum absolute atomic E-state index is 0.119. The minimum atomic E-state index is -0.469. The lowest BCUT2D eigenvalue weighted by Gasteiger charge is -2.42. The van der Waals surface area contributed by atoms with E-state index < -0.39 is 6.09 Å². The van der Waals surface area contributed by atoms with Gasteiger partial charge < -0.3 is 9.47 Å². The number of aromatic amines is 1. The zero-order valence-electron chi connectivity index (χ0n) is 15.8. The Morgan fingerprint density at radius 3 is 2.71 bits per heavy atom. The fourth-order valence-corrected chi connectivity index (χ4v) is 3.40. The number of rotatable bonds is 6. The van der Waals surface area contributed by atoms with Gasteiger partial charge in [-0.25, -0.2) is 4.79 Å². The summed E-state index contributed by atoms with van der Waals surface area (Å²) in [6.07, 6.45) is 2.23. The zero-order valence-corrected chi connectivity index (χ0v) is 15.8. The van der Waals surface area contributed by atoms with Gasteiger partial charge in [0.25, 0.3) is 0 Å². The number of hydrogen-bond donors (Lipinski definition) is 2. The summed E-state index contributed by atoms with van der Waals surface area (Å²) in [6.45, 7) is 3.57. The van der Waals surface area contributed by atoms with E-state index in [9.17, 15) is 4.79 Å². The fraction of sp³-hybridized carbons (Fsp3) is 0.273. The Morgan fingerprint density at radius 1 is 1.21 bits per heavy atom. The molecular formula is C22H23N3O3. The van der Waals surface area contributed by atoms with Crippen molar-refractivity contribution >= 4 is 11.8 Å². The maximum absolute atomic E-state index is 12.2. The van der Waals surface area contributed by atoms with Crippen molar-refractivity contribution in [2.45, 2.75) is 25.4 Å². The predicted octanol–water partition coefficient (Wildman–Crippen LogP) is 3.98. The first kappa shape index (κ1) is 18.3. The van der Waals surface area contributed by atoms with Crippen LogP contribution in [-0.4, -0.2) is 29.5 Å². The van der Waals surface area contributed by atoms with Crippen LogP contribution >= 0.6 is 0 Å². The molecule has 0 unspecified atom stereocenters. The molecule has 1 aromatic heterocycles. The van der Waals surface area contributed by atoms with Gasteiger partial charge in [-0.3, -0.25) is 10.4 Å². The molecule has 2 N–H and O–H groups in total. The molecule has 1 aliphatic rings. The lowest BCUT2D eigenvalue weighted by molar-refractivity contribution is -0.0604. The second-order valence-corrected chi connectivity index (χ2v) is 7.23. The molecule has 1 saturated heterocycles. The average molecular weight is 377 g/mol. The van der Waals surface area contributed by atoms with Crippen LogP contribution in [0.15, 0.2) is 60.8 Å². The standard InChI is InChI=1S/C22H23N3O3/c1-16-12-23-25-20(16)11-22(14-27-15-22)18-8-5-9-19(10-18)24-21(26)28-13-17-6-3-2-4-7-17/h2-10,12H,11,13-15H2,1H3,(H,23,25)(H,24,26). The summed E-state index contributed by atoms with van der Waals surface area (Å²) in [5, 5.41) is 10.1. The number of nitrogens with one attached hydrogen (secondary N) is 2. The first-order chi connectivity index (χ1) is 13.6. The van der Waals surface area contributed by atoms with E-state index in [1.807, 2.05) is 61.7 Å². The molecule has 0 saturated carbocycles. The van der Waals surface area contributed by atoms with Crippen LogP contribution < -0.4 is 5.32 Å². The molecule has 2 aromatic carbocycles. The number of benzene rings is 2. The number of ether oxygens (including phenoxy) is 2. The third kappa shape index (κ3) is 3.92. The van der Waals surface area contributed by atoms with Crippen molar-refractivity contribution in [1.82, 2.24) is 10.2 Å². The number of amides is 1. The summed E-state index contributed by atoms with van der Waals surface area (Å²) in [5.41, 5.74) is 4.86. The van der Waals surface area contributed by atoms with E-state index in [1.54, 1.807) is 0 Å². The van der Waals surface area contributed by atoms with Gasteiger partial charge >= 0.3 is 6.09 Å². The molecule has 0 aliphatic carbocycles. The molecule has 2 heterocycles. The van der Waals surface area contributed by atoms with Crippen molar-refractivity contribution in [2.75, 3.05) is 18.5 Å². The van der Waals surface area contributed by atoms with Gasteiger partial charge in [0.15, 0.2) is 0 Å². The van der Waals surface area contributed by atoms with E-state index in [1.165, 1.54) is 0 Å². The number of anilines is 1.